The van der Waals surface area contributed by atoms with E-state index in [1.54, 1.807) is 20.8 Å². The number of carbonyl (C=O) groups is 2. The lowest BCUT2D eigenvalue weighted by Gasteiger charge is -2.15. The Morgan fingerprint density at radius 3 is 2.77 bits per heavy atom. The zero-order chi connectivity index (χ0) is 19.1. The number of carbonyl (C=O) groups excluding carboxylic acids is 2. The van der Waals surface area contributed by atoms with Gasteiger partial charge in [0.15, 0.2) is 11.8 Å². The molecule has 2 aromatic rings. The second-order valence-corrected chi connectivity index (χ2v) is 4.95. The van der Waals surface area contributed by atoms with Gasteiger partial charge in [0.25, 0.3) is 0 Å². The number of aromatic nitrogens is 2. The fraction of sp³-hybridized carbons (Fsp3) is 0.375. The van der Waals surface area contributed by atoms with Crippen LogP contribution in [0.5, 0.6) is 5.75 Å². The summed E-state index contributed by atoms with van der Waals surface area (Å²) in [7, 11) is 0. The normalized spacial score (nSPS) is 11.3. The first-order chi connectivity index (χ1) is 12.5. The third-order valence-electron chi connectivity index (χ3n) is 3.20. The molecule has 0 aromatic carbocycles. The molecule has 26 heavy (non-hydrogen) atoms. The molecule has 10 nitrogen and oxygen atoms in total. The number of aryl methyl sites for hydroxylation is 1. The van der Waals surface area contributed by atoms with Gasteiger partial charge in [0.2, 0.25) is 0 Å². The Kier molecular flexibility index (Phi) is 6.21. The number of nitriles is 1. The van der Waals surface area contributed by atoms with Crippen LogP contribution >= 0.6 is 0 Å². The average molecular weight is 362 g/mol. The zero-order valence-electron chi connectivity index (χ0n) is 14.5. The smallest absolute Gasteiger partial charge is 0.464 e. The lowest BCUT2D eigenvalue weighted by molar-refractivity contribution is -0.144. The van der Waals surface area contributed by atoms with Crippen molar-refractivity contribution in [3.63, 3.8) is 0 Å². The molecule has 1 unspecified atom stereocenters. The molecule has 10 heteroatoms. The molecule has 0 bridgehead atoms. The summed E-state index contributed by atoms with van der Waals surface area (Å²) in [4.78, 5) is 23.8. The van der Waals surface area contributed by atoms with Gasteiger partial charge in [-0.15, -0.1) is 0 Å². The first-order valence-corrected chi connectivity index (χ1v) is 7.81. The number of esters is 1. The molecule has 0 fully saturated rings. The number of nitrogens with zero attached hydrogens (tertiary/aromatic N) is 2. The first kappa shape index (κ1) is 18.9. The van der Waals surface area contributed by atoms with E-state index in [-0.39, 0.29) is 41.9 Å². The van der Waals surface area contributed by atoms with Crippen LogP contribution in [0.3, 0.4) is 0 Å². The van der Waals surface area contributed by atoms with Crippen molar-refractivity contribution in [1.29, 1.82) is 5.26 Å². The van der Waals surface area contributed by atoms with Crippen molar-refractivity contribution in [3.05, 3.63) is 29.3 Å². The Balaban J connectivity index is 2.29. The van der Waals surface area contributed by atoms with Crippen LogP contribution in [0.15, 0.2) is 16.7 Å². The van der Waals surface area contributed by atoms with Crippen LogP contribution in [-0.4, -0.2) is 35.5 Å². The second-order valence-electron chi connectivity index (χ2n) is 4.95. The van der Waals surface area contributed by atoms with Gasteiger partial charge in [0.1, 0.15) is 29.0 Å². The average Bonchev–Trinajstić information content (AvgIpc) is 3.19. The van der Waals surface area contributed by atoms with Gasteiger partial charge in [-0.25, -0.2) is 9.59 Å². The number of hydrogen-bond acceptors (Lipinski definition) is 9. The van der Waals surface area contributed by atoms with Crippen LogP contribution in [0.1, 0.15) is 37.0 Å². The molecule has 0 spiro atoms. The van der Waals surface area contributed by atoms with Crippen LogP contribution < -0.4 is 10.1 Å². The van der Waals surface area contributed by atoms with Gasteiger partial charge in [-0.2, -0.15) is 10.4 Å². The summed E-state index contributed by atoms with van der Waals surface area (Å²) in [6.45, 7) is 5.18. The van der Waals surface area contributed by atoms with E-state index in [9.17, 15) is 9.59 Å². The maximum Gasteiger partial charge on any atom is 0.513 e. The van der Waals surface area contributed by atoms with Crippen molar-refractivity contribution in [1.82, 2.24) is 10.2 Å². The van der Waals surface area contributed by atoms with Gasteiger partial charge in [-0.3, -0.25) is 5.10 Å². The molecule has 0 aliphatic carbocycles. The van der Waals surface area contributed by atoms with E-state index in [4.69, 9.17) is 23.9 Å². The van der Waals surface area contributed by atoms with Crippen LogP contribution in [0.4, 0.5) is 10.6 Å². The molecule has 1 atom stereocenters. The fourth-order valence-corrected chi connectivity index (χ4v) is 2.07. The van der Waals surface area contributed by atoms with Crippen molar-refractivity contribution >= 4 is 17.9 Å². The third-order valence-corrected chi connectivity index (χ3v) is 3.20. The Labute approximate surface area is 149 Å². The topological polar surface area (TPSA) is 139 Å². The van der Waals surface area contributed by atoms with E-state index in [1.807, 2.05) is 6.07 Å². The minimum Gasteiger partial charge on any atom is -0.464 e. The van der Waals surface area contributed by atoms with Crippen LogP contribution in [0.2, 0.25) is 0 Å². The summed E-state index contributed by atoms with van der Waals surface area (Å²) in [5.74, 6) is 0.113. The van der Waals surface area contributed by atoms with Crippen molar-refractivity contribution in [2.45, 2.75) is 26.8 Å². The molecule has 0 saturated carbocycles. The Morgan fingerprint density at radius 2 is 2.12 bits per heavy atom. The van der Waals surface area contributed by atoms with Crippen molar-refractivity contribution in [2.24, 2.45) is 0 Å². The van der Waals surface area contributed by atoms with Gasteiger partial charge in [-0.1, -0.05) is 0 Å². The highest BCUT2D eigenvalue weighted by atomic mass is 16.7. The monoisotopic (exact) mass is 362 g/mol. The van der Waals surface area contributed by atoms with Crippen molar-refractivity contribution in [2.75, 3.05) is 18.5 Å². The minimum absolute atomic E-state index is 0.111. The fourth-order valence-electron chi connectivity index (χ4n) is 2.07. The summed E-state index contributed by atoms with van der Waals surface area (Å²) in [6.07, 6.45) is 0.427. The number of ether oxygens (including phenoxy) is 3. The predicted molar refractivity (Wildman–Crippen MR) is 87.4 cm³/mol. The maximum atomic E-state index is 12.3. The highest BCUT2D eigenvalue weighted by molar-refractivity contribution is 5.80. The summed E-state index contributed by atoms with van der Waals surface area (Å²) in [5, 5.41) is 18.2. The molecule has 2 N–H and O–H groups in total. The van der Waals surface area contributed by atoms with Gasteiger partial charge < -0.3 is 23.9 Å². The molecular formula is C16H18N4O6. The van der Waals surface area contributed by atoms with Gasteiger partial charge >= 0.3 is 12.1 Å². The molecule has 138 valence electrons. The van der Waals surface area contributed by atoms with Gasteiger partial charge in [0.05, 0.1) is 19.4 Å². The minimum atomic E-state index is -1.08. The van der Waals surface area contributed by atoms with Gasteiger partial charge in [-0.05, 0) is 20.8 Å². The zero-order valence-corrected chi connectivity index (χ0v) is 14.5. The third kappa shape index (κ3) is 4.32. The Hall–Kier alpha value is -3.48. The lowest BCUT2D eigenvalue weighted by Crippen LogP contribution is -2.23. The molecule has 0 amide bonds. The second kappa shape index (κ2) is 8.57. The van der Waals surface area contributed by atoms with Crippen molar-refractivity contribution in [3.8, 4) is 11.8 Å². The standard InChI is InChI=1S/C16H18N4O6/c1-4-23-15(21)13(19-14-10(7-17)8-18-20-14)12-6-11(9(3)25-12)26-16(22)24-5-2/h6,8,13H,4-5H2,1-3H3,(H2,18,19,20). The number of furan rings is 1. The van der Waals surface area contributed by atoms with E-state index in [0.29, 0.717) is 0 Å². The highest BCUT2D eigenvalue weighted by Gasteiger charge is 2.29. The van der Waals surface area contributed by atoms with Crippen molar-refractivity contribution < 1.29 is 28.2 Å². The molecule has 2 heterocycles. The predicted octanol–water partition coefficient (Wildman–Crippen LogP) is 2.43. The van der Waals surface area contributed by atoms with E-state index in [2.05, 4.69) is 15.5 Å². The molecule has 0 radical (unpaired) electrons. The van der Waals surface area contributed by atoms with Gasteiger partial charge in [0, 0.05) is 6.07 Å². The van der Waals surface area contributed by atoms with E-state index in [0.717, 1.165) is 0 Å². The van der Waals surface area contributed by atoms with E-state index < -0.39 is 18.2 Å². The highest BCUT2D eigenvalue weighted by Crippen LogP contribution is 2.30. The Morgan fingerprint density at radius 1 is 1.38 bits per heavy atom. The first-order valence-electron chi connectivity index (χ1n) is 7.81. The van der Waals surface area contributed by atoms with Crippen LogP contribution in [0, 0.1) is 18.3 Å². The molecule has 2 aromatic heterocycles. The summed E-state index contributed by atoms with van der Waals surface area (Å²) >= 11 is 0. The summed E-state index contributed by atoms with van der Waals surface area (Å²) in [5.41, 5.74) is 0.213. The summed E-state index contributed by atoms with van der Waals surface area (Å²) in [6, 6.07) is 2.23. The number of nitrogens with one attached hydrogen (secondary N) is 2. The SMILES string of the molecule is CCOC(=O)Oc1cc(C(Nc2[nH]ncc2C#N)C(=O)OCC)oc1C. The number of hydrogen-bond donors (Lipinski definition) is 2. The van der Waals surface area contributed by atoms with Crippen LogP contribution in [0.25, 0.3) is 0 Å². The maximum absolute atomic E-state index is 12.3. The molecule has 0 aliphatic rings. The molecule has 0 aliphatic heterocycles. The number of anilines is 1. The van der Waals surface area contributed by atoms with E-state index in [1.165, 1.54) is 12.3 Å². The molecular weight excluding hydrogens is 344 g/mol. The number of rotatable bonds is 7. The molecule has 0 saturated heterocycles. The lowest BCUT2D eigenvalue weighted by atomic mass is 10.2. The molecule has 2 rings (SSSR count). The number of aromatic amines is 1. The summed E-state index contributed by atoms with van der Waals surface area (Å²) < 4.78 is 20.3. The van der Waals surface area contributed by atoms with E-state index >= 15 is 0 Å². The number of H-pyrrole nitrogens is 1. The van der Waals surface area contributed by atoms with Crippen LogP contribution in [-0.2, 0) is 14.3 Å². The Bertz CT molecular complexity index is 819. The largest absolute Gasteiger partial charge is 0.513 e. The quantitative estimate of drug-likeness (QED) is 0.710.